The van der Waals surface area contributed by atoms with Gasteiger partial charge in [-0.25, -0.2) is 4.98 Å². The van der Waals surface area contributed by atoms with E-state index in [1.807, 2.05) is 6.92 Å². The van der Waals surface area contributed by atoms with Crippen LogP contribution in [0, 0.1) is 0 Å². The Morgan fingerprint density at radius 2 is 2.28 bits per heavy atom. The van der Waals surface area contributed by atoms with E-state index in [0.29, 0.717) is 24.7 Å². The van der Waals surface area contributed by atoms with Crippen LogP contribution in [0.15, 0.2) is 12.4 Å². The Labute approximate surface area is 107 Å². The zero-order valence-electron chi connectivity index (χ0n) is 11.1. The van der Waals surface area contributed by atoms with Crippen molar-refractivity contribution >= 4 is 11.7 Å². The average molecular weight is 252 g/mol. The lowest BCUT2D eigenvalue weighted by Gasteiger charge is -2.16. The zero-order chi connectivity index (χ0) is 13.4. The lowest BCUT2D eigenvalue weighted by molar-refractivity contribution is 0.0773. The summed E-state index contributed by atoms with van der Waals surface area (Å²) < 4.78 is 4.95. The Morgan fingerprint density at radius 3 is 2.94 bits per heavy atom. The van der Waals surface area contributed by atoms with Crippen molar-refractivity contribution in [3.05, 3.63) is 18.1 Å². The van der Waals surface area contributed by atoms with Crippen molar-refractivity contribution in [1.29, 1.82) is 0 Å². The minimum absolute atomic E-state index is 0.127. The van der Waals surface area contributed by atoms with Crippen LogP contribution in [0.5, 0.6) is 0 Å². The number of hydrogen-bond acceptors (Lipinski definition) is 5. The molecule has 1 amide bonds. The molecule has 0 atom stereocenters. The summed E-state index contributed by atoms with van der Waals surface area (Å²) in [7, 11) is 3.40. The van der Waals surface area contributed by atoms with Gasteiger partial charge in [-0.1, -0.05) is 0 Å². The fourth-order valence-corrected chi connectivity index (χ4v) is 1.48. The molecule has 0 spiro atoms. The predicted octanol–water partition coefficient (Wildman–Crippen LogP) is 1.02. The lowest BCUT2D eigenvalue weighted by atomic mass is 10.3. The maximum Gasteiger partial charge on any atom is 0.273 e. The highest BCUT2D eigenvalue weighted by atomic mass is 16.5. The van der Waals surface area contributed by atoms with Gasteiger partial charge < -0.3 is 15.0 Å². The largest absolute Gasteiger partial charge is 0.385 e. The van der Waals surface area contributed by atoms with Gasteiger partial charge in [0.15, 0.2) is 0 Å². The van der Waals surface area contributed by atoms with Crippen LogP contribution in [-0.4, -0.2) is 54.6 Å². The number of amides is 1. The topological polar surface area (TPSA) is 67.4 Å². The van der Waals surface area contributed by atoms with E-state index in [1.54, 1.807) is 25.3 Å². The van der Waals surface area contributed by atoms with Crippen molar-refractivity contribution in [2.45, 2.75) is 13.3 Å². The minimum Gasteiger partial charge on any atom is -0.385 e. The molecule has 0 aromatic carbocycles. The van der Waals surface area contributed by atoms with Crippen molar-refractivity contribution < 1.29 is 9.53 Å². The standard InChI is InChI=1S/C12H20N4O2/c1-4-14-11-9-13-8-10(15-11)12(17)16(2)6-5-7-18-3/h8-9H,4-7H2,1-3H3,(H,14,15). The average Bonchev–Trinajstić information content (AvgIpc) is 2.39. The summed E-state index contributed by atoms with van der Waals surface area (Å²) in [5.74, 6) is 0.493. The van der Waals surface area contributed by atoms with E-state index >= 15 is 0 Å². The second kappa shape index (κ2) is 7.60. The van der Waals surface area contributed by atoms with E-state index < -0.39 is 0 Å². The first-order chi connectivity index (χ1) is 8.69. The number of methoxy groups -OCH3 is 1. The summed E-state index contributed by atoms with van der Waals surface area (Å²) in [4.78, 5) is 21.9. The SMILES string of the molecule is CCNc1cncc(C(=O)N(C)CCCOC)n1. The van der Waals surface area contributed by atoms with Crippen LogP contribution in [0.2, 0.25) is 0 Å². The van der Waals surface area contributed by atoms with Gasteiger partial charge in [-0.2, -0.15) is 0 Å². The number of rotatable bonds is 7. The second-order valence-corrected chi connectivity index (χ2v) is 3.89. The van der Waals surface area contributed by atoms with Crippen molar-refractivity contribution in [3.63, 3.8) is 0 Å². The van der Waals surface area contributed by atoms with Gasteiger partial charge in [-0.15, -0.1) is 0 Å². The monoisotopic (exact) mass is 252 g/mol. The first-order valence-corrected chi connectivity index (χ1v) is 5.99. The van der Waals surface area contributed by atoms with E-state index in [1.165, 1.54) is 6.20 Å². The number of anilines is 1. The molecule has 0 radical (unpaired) electrons. The van der Waals surface area contributed by atoms with E-state index in [2.05, 4.69) is 15.3 Å². The molecule has 0 unspecified atom stereocenters. The third-order valence-corrected chi connectivity index (χ3v) is 2.40. The highest BCUT2D eigenvalue weighted by Crippen LogP contribution is 2.04. The van der Waals surface area contributed by atoms with Crippen LogP contribution < -0.4 is 5.32 Å². The summed E-state index contributed by atoms with van der Waals surface area (Å²) in [6.07, 6.45) is 3.89. The first-order valence-electron chi connectivity index (χ1n) is 5.99. The van der Waals surface area contributed by atoms with Gasteiger partial charge in [-0.3, -0.25) is 9.78 Å². The molecule has 1 aromatic heterocycles. The lowest BCUT2D eigenvalue weighted by Crippen LogP contribution is -2.29. The molecule has 0 aliphatic heterocycles. The molecule has 18 heavy (non-hydrogen) atoms. The van der Waals surface area contributed by atoms with Gasteiger partial charge in [0, 0.05) is 33.9 Å². The smallest absolute Gasteiger partial charge is 0.273 e. The number of nitrogens with one attached hydrogen (secondary N) is 1. The Morgan fingerprint density at radius 1 is 1.50 bits per heavy atom. The van der Waals surface area contributed by atoms with E-state index in [4.69, 9.17) is 4.74 Å². The number of carbonyl (C=O) groups is 1. The Kier molecular flexibility index (Phi) is 6.07. The summed E-state index contributed by atoms with van der Waals surface area (Å²) in [6, 6.07) is 0. The molecule has 0 fully saturated rings. The van der Waals surface area contributed by atoms with Crippen LogP contribution in [0.4, 0.5) is 5.82 Å². The third-order valence-electron chi connectivity index (χ3n) is 2.40. The van der Waals surface area contributed by atoms with E-state index in [9.17, 15) is 4.79 Å². The Bertz CT molecular complexity index is 384. The molecule has 1 N–H and O–H groups in total. The van der Waals surface area contributed by atoms with E-state index in [-0.39, 0.29) is 5.91 Å². The summed E-state index contributed by atoms with van der Waals surface area (Å²) in [5, 5.41) is 3.03. The molecule has 1 aromatic rings. The van der Waals surface area contributed by atoms with Crippen LogP contribution in [0.3, 0.4) is 0 Å². The van der Waals surface area contributed by atoms with Gasteiger partial charge in [0.05, 0.1) is 12.4 Å². The molecule has 6 nitrogen and oxygen atoms in total. The molecule has 0 saturated carbocycles. The molecule has 0 aliphatic carbocycles. The second-order valence-electron chi connectivity index (χ2n) is 3.89. The number of carbonyl (C=O) groups excluding carboxylic acids is 1. The van der Waals surface area contributed by atoms with Gasteiger partial charge in [0.1, 0.15) is 11.5 Å². The summed E-state index contributed by atoms with van der Waals surface area (Å²) in [5.41, 5.74) is 0.355. The molecule has 0 bridgehead atoms. The molecular formula is C12H20N4O2. The number of hydrogen-bond donors (Lipinski definition) is 1. The van der Waals surface area contributed by atoms with Gasteiger partial charge in [0.2, 0.25) is 0 Å². The normalized spacial score (nSPS) is 10.2. The fourth-order valence-electron chi connectivity index (χ4n) is 1.48. The maximum atomic E-state index is 12.1. The highest BCUT2D eigenvalue weighted by Gasteiger charge is 2.13. The molecule has 1 heterocycles. The van der Waals surface area contributed by atoms with Crippen LogP contribution >= 0.6 is 0 Å². The van der Waals surface area contributed by atoms with Crippen molar-refractivity contribution in [1.82, 2.24) is 14.9 Å². The summed E-state index contributed by atoms with van der Waals surface area (Å²) in [6.45, 7) is 3.99. The predicted molar refractivity (Wildman–Crippen MR) is 69.6 cm³/mol. The Hall–Kier alpha value is -1.69. The van der Waals surface area contributed by atoms with E-state index in [0.717, 1.165) is 13.0 Å². The fraction of sp³-hybridized carbons (Fsp3) is 0.583. The number of aromatic nitrogens is 2. The summed E-state index contributed by atoms with van der Waals surface area (Å²) >= 11 is 0. The molecule has 100 valence electrons. The van der Waals surface area contributed by atoms with Crippen LogP contribution in [0.25, 0.3) is 0 Å². The van der Waals surface area contributed by atoms with Gasteiger partial charge in [0.25, 0.3) is 5.91 Å². The molecule has 0 aliphatic rings. The van der Waals surface area contributed by atoms with Gasteiger partial charge >= 0.3 is 0 Å². The highest BCUT2D eigenvalue weighted by molar-refractivity contribution is 5.92. The Balaban J connectivity index is 2.62. The third kappa shape index (κ3) is 4.29. The number of ether oxygens (including phenoxy) is 1. The van der Waals surface area contributed by atoms with Crippen LogP contribution in [0.1, 0.15) is 23.8 Å². The molecular weight excluding hydrogens is 232 g/mol. The number of nitrogens with zero attached hydrogens (tertiary/aromatic N) is 3. The van der Waals surface area contributed by atoms with Crippen molar-refractivity contribution in [3.8, 4) is 0 Å². The van der Waals surface area contributed by atoms with Gasteiger partial charge in [-0.05, 0) is 13.3 Å². The first kappa shape index (κ1) is 14.4. The zero-order valence-corrected chi connectivity index (χ0v) is 11.1. The van der Waals surface area contributed by atoms with Crippen molar-refractivity contribution in [2.24, 2.45) is 0 Å². The minimum atomic E-state index is -0.127. The molecule has 0 saturated heterocycles. The van der Waals surface area contributed by atoms with Crippen molar-refractivity contribution in [2.75, 3.05) is 39.2 Å². The maximum absolute atomic E-state index is 12.1. The molecule has 1 rings (SSSR count). The molecule has 6 heteroatoms. The van der Waals surface area contributed by atoms with Crippen LogP contribution in [-0.2, 0) is 4.74 Å². The quantitative estimate of drug-likeness (QED) is 0.734.